The maximum Gasteiger partial charge on any atom is 0.451 e. The number of hydrogen-bond acceptors (Lipinski definition) is 4. The van der Waals surface area contributed by atoms with Crippen LogP contribution >= 0.6 is 0 Å². The van der Waals surface area contributed by atoms with Crippen molar-refractivity contribution in [3.8, 4) is 0 Å². The topological polar surface area (TPSA) is 83.4 Å². The number of carbonyl (C=O) groups is 2. The lowest BCUT2D eigenvalue weighted by Gasteiger charge is -2.31. The van der Waals surface area contributed by atoms with Crippen LogP contribution in [0.1, 0.15) is 41.8 Å². The largest absolute Gasteiger partial charge is 0.480 e. The molecule has 1 atom stereocenters. The van der Waals surface area contributed by atoms with E-state index in [0.717, 1.165) is 11.0 Å². The fourth-order valence-corrected chi connectivity index (χ4v) is 2.45. The third-order valence-electron chi connectivity index (χ3n) is 3.67. The van der Waals surface area contributed by atoms with Gasteiger partial charge in [-0.15, -0.1) is 0 Å². The van der Waals surface area contributed by atoms with Crippen LogP contribution in [0.4, 0.5) is 13.2 Å². The van der Waals surface area contributed by atoms with Crippen LogP contribution in [0.3, 0.4) is 0 Å². The number of carbonyl (C=O) groups excluding carboxylic acids is 1. The summed E-state index contributed by atoms with van der Waals surface area (Å²) in [5.74, 6) is -3.44. The van der Waals surface area contributed by atoms with Gasteiger partial charge in [0.15, 0.2) is 0 Å². The SMILES string of the molecule is Cc1cc(C(=O)N2CCCC2(C)C(=O)O)nc(C(F)(F)F)n1. The first kappa shape index (κ1) is 16.2. The van der Waals surface area contributed by atoms with E-state index in [1.165, 1.54) is 13.8 Å². The van der Waals surface area contributed by atoms with Gasteiger partial charge in [0, 0.05) is 12.2 Å². The van der Waals surface area contributed by atoms with Crippen molar-refractivity contribution in [1.82, 2.24) is 14.9 Å². The summed E-state index contributed by atoms with van der Waals surface area (Å²) in [6.07, 6.45) is -4.07. The Bertz CT molecular complexity index is 633. The first-order valence-electron chi connectivity index (χ1n) is 6.54. The number of aryl methyl sites for hydroxylation is 1. The second kappa shape index (κ2) is 5.22. The van der Waals surface area contributed by atoms with Gasteiger partial charge in [0.2, 0.25) is 5.82 Å². The monoisotopic (exact) mass is 317 g/mol. The molecule has 1 aliphatic heterocycles. The third kappa shape index (κ3) is 2.75. The zero-order valence-electron chi connectivity index (χ0n) is 11.9. The lowest BCUT2D eigenvalue weighted by Crippen LogP contribution is -2.51. The second-order valence-electron chi connectivity index (χ2n) is 5.36. The van der Waals surface area contributed by atoms with E-state index in [-0.39, 0.29) is 18.7 Å². The predicted octanol–water partition coefficient (Wildman–Crippen LogP) is 1.88. The molecule has 1 aliphatic rings. The maximum absolute atomic E-state index is 12.7. The Labute approximate surface area is 124 Å². The minimum Gasteiger partial charge on any atom is -0.480 e. The van der Waals surface area contributed by atoms with E-state index < -0.39 is 35.1 Å². The molecule has 1 fully saturated rings. The molecule has 6 nitrogen and oxygen atoms in total. The van der Waals surface area contributed by atoms with Gasteiger partial charge < -0.3 is 10.0 Å². The van der Waals surface area contributed by atoms with Crippen molar-refractivity contribution in [2.75, 3.05) is 6.54 Å². The predicted molar refractivity (Wildman–Crippen MR) is 68.1 cm³/mol. The Balaban J connectivity index is 2.42. The smallest absolute Gasteiger partial charge is 0.451 e. The van der Waals surface area contributed by atoms with Crippen molar-refractivity contribution in [1.29, 1.82) is 0 Å². The van der Waals surface area contributed by atoms with Gasteiger partial charge in [-0.2, -0.15) is 13.2 Å². The minimum absolute atomic E-state index is 0.0121. The summed E-state index contributed by atoms with van der Waals surface area (Å²) in [7, 11) is 0. The lowest BCUT2D eigenvalue weighted by molar-refractivity contribution is -0.147. The average molecular weight is 317 g/mol. The van der Waals surface area contributed by atoms with Crippen molar-refractivity contribution < 1.29 is 27.9 Å². The van der Waals surface area contributed by atoms with Gasteiger partial charge in [-0.1, -0.05) is 0 Å². The summed E-state index contributed by atoms with van der Waals surface area (Å²) < 4.78 is 38.2. The number of hydrogen-bond donors (Lipinski definition) is 1. The lowest BCUT2D eigenvalue weighted by atomic mass is 9.99. The van der Waals surface area contributed by atoms with Gasteiger partial charge in [-0.05, 0) is 32.8 Å². The van der Waals surface area contributed by atoms with E-state index in [0.29, 0.717) is 6.42 Å². The number of alkyl halides is 3. The van der Waals surface area contributed by atoms with E-state index in [1.807, 2.05) is 0 Å². The highest BCUT2D eigenvalue weighted by Gasteiger charge is 2.47. The average Bonchev–Trinajstić information content (AvgIpc) is 2.79. The molecule has 0 bridgehead atoms. The standard InChI is InChI=1S/C13H14F3N3O3/c1-7-6-8(18-10(17-7)13(14,15)16)9(20)19-5-3-4-12(19,2)11(21)22/h6H,3-5H2,1-2H3,(H,21,22). The minimum atomic E-state index is -4.78. The Hall–Kier alpha value is -2.19. The van der Waals surface area contributed by atoms with E-state index in [2.05, 4.69) is 9.97 Å². The molecule has 1 aromatic rings. The molecule has 1 unspecified atom stereocenters. The fourth-order valence-electron chi connectivity index (χ4n) is 2.45. The molecule has 120 valence electrons. The van der Waals surface area contributed by atoms with Crippen LogP contribution in [0.5, 0.6) is 0 Å². The molecular formula is C13H14F3N3O3. The number of carboxylic acids is 1. The van der Waals surface area contributed by atoms with Crippen LogP contribution in [-0.4, -0.2) is 43.9 Å². The molecule has 0 aromatic carbocycles. The van der Waals surface area contributed by atoms with Crippen LogP contribution in [-0.2, 0) is 11.0 Å². The van der Waals surface area contributed by atoms with Gasteiger partial charge in [0.1, 0.15) is 11.2 Å². The number of nitrogens with zero attached hydrogens (tertiary/aromatic N) is 3. The normalized spacial score (nSPS) is 22.0. The Morgan fingerprint density at radius 3 is 2.55 bits per heavy atom. The summed E-state index contributed by atoms with van der Waals surface area (Å²) in [6.45, 7) is 2.85. The molecule has 0 saturated carbocycles. The number of aromatic nitrogens is 2. The number of likely N-dealkylation sites (tertiary alicyclic amines) is 1. The van der Waals surface area contributed by atoms with Gasteiger partial charge in [0.25, 0.3) is 5.91 Å². The molecule has 0 radical (unpaired) electrons. The maximum atomic E-state index is 12.7. The molecule has 1 aromatic heterocycles. The number of halogens is 3. The fraction of sp³-hybridized carbons (Fsp3) is 0.538. The molecule has 2 rings (SSSR count). The molecule has 1 saturated heterocycles. The summed E-state index contributed by atoms with van der Waals surface area (Å²) in [6, 6.07) is 1.12. The highest BCUT2D eigenvalue weighted by atomic mass is 19.4. The van der Waals surface area contributed by atoms with Gasteiger partial charge in [0.05, 0.1) is 0 Å². The highest BCUT2D eigenvalue weighted by Crippen LogP contribution is 2.31. The van der Waals surface area contributed by atoms with Crippen molar-refractivity contribution in [3.05, 3.63) is 23.3 Å². The summed E-state index contributed by atoms with van der Waals surface area (Å²) in [5, 5.41) is 9.27. The number of aliphatic carboxylic acids is 1. The van der Waals surface area contributed by atoms with Crippen LogP contribution in [0.25, 0.3) is 0 Å². The molecule has 9 heteroatoms. The van der Waals surface area contributed by atoms with Crippen molar-refractivity contribution in [2.24, 2.45) is 0 Å². The summed E-state index contributed by atoms with van der Waals surface area (Å²) >= 11 is 0. The molecule has 0 aliphatic carbocycles. The highest BCUT2D eigenvalue weighted by molar-refractivity contribution is 5.96. The number of carboxylic acid groups (broad SMARTS) is 1. The zero-order valence-corrected chi connectivity index (χ0v) is 11.9. The van der Waals surface area contributed by atoms with Crippen molar-refractivity contribution >= 4 is 11.9 Å². The zero-order chi connectivity index (χ0) is 16.7. The van der Waals surface area contributed by atoms with Crippen molar-refractivity contribution in [2.45, 2.75) is 38.4 Å². The Morgan fingerprint density at radius 2 is 2.00 bits per heavy atom. The van der Waals surface area contributed by atoms with Crippen LogP contribution in [0, 0.1) is 6.92 Å². The molecule has 0 spiro atoms. The van der Waals surface area contributed by atoms with E-state index in [9.17, 15) is 27.9 Å². The Morgan fingerprint density at radius 1 is 1.36 bits per heavy atom. The van der Waals surface area contributed by atoms with Gasteiger partial charge >= 0.3 is 12.1 Å². The third-order valence-corrected chi connectivity index (χ3v) is 3.67. The molecule has 1 N–H and O–H groups in total. The van der Waals surface area contributed by atoms with Crippen LogP contribution < -0.4 is 0 Å². The first-order chi connectivity index (χ1) is 10.1. The first-order valence-corrected chi connectivity index (χ1v) is 6.54. The number of amides is 1. The van der Waals surface area contributed by atoms with Gasteiger partial charge in [-0.25, -0.2) is 14.8 Å². The van der Waals surface area contributed by atoms with Crippen LogP contribution in [0.2, 0.25) is 0 Å². The molecule has 1 amide bonds. The summed E-state index contributed by atoms with van der Waals surface area (Å²) in [4.78, 5) is 31.3. The molecular weight excluding hydrogens is 303 g/mol. The van der Waals surface area contributed by atoms with E-state index >= 15 is 0 Å². The number of rotatable bonds is 2. The summed E-state index contributed by atoms with van der Waals surface area (Å²) in [5.41, 5.74) is -1.90. The van der Waals surface area contributed by atoms with Crippen LogP contribution in [0.15, 0.2) is 6.07 Å². The van der Waals surface area contributed by atoms with Crippen molar-refractivity contribution in [3.63, 3.8) is 0 Å². The van der Waals surface area contributed by atoms with E-state index in [1.54, 1.807) is 0 Å². The Kier molecular flexibility index (Phi) is 3.84. The second-order valence-corrected chi connectivity index (χ2v) is 5.36. The molecule has 22 heavy (non-hydrogen) atoms. The van der Waals surface area contributed by atoms with Gasteiger partial charge in [-0.3, -0.25) is 4.79 Å². The molecule has 2 heterocycles. The quantitative estimate of drug-likeness (QED) is 0.900. The van der Waals surface area contributed by atoms with E-state index in [4.69, 9.17) is 0 Å².